The molecule has 0 heterocycles. The molecule has 2 N–H and O–H groups in total. The van der Waals surface area contributed by atoms with Crippen LogP contribution >= 0.6 is 0 Å². The molecule has 1 fully saturated rings. The third kappa shape index (κ3) is 2.01. The maximum atomic E-state index is 9.72. The van der Waals surface area contributed by atoms with Gasteiger partial charge in [0.05, 0.1) is 17.6 Å². The number of hydrogen-bond acceptors (Lipinski definition) is 4. The van der Waals surface area contributed by atoms with Gasteiger partial charge < -0.3 is 10.2 Å². The summed E-state index contributed by atoms with van der Waals surface area (Å²) in [5.41, 5.74) is 0.896. The molecule has 0 radical (unpaired) electrons. The van der Waals surface area contributed by atoms with Crippen LogP contribution in [0.25, 0.3) is 0 Å². The topological polar surface area (TPSA) is 88.0 Å². The summed E-state index contributed by atoms with van der Waals surface area (Å²) < 4.78 is 0. The predicted octanol–water partition coefficient (Wildman–Crippen LogP) is 1.16. The van der Waals surface area contributed by atoms with Gasteiger partial charge in [0, 0.05) is 0 Å². The summed E-state index contributed by atoms with van der Waals surface area (Å²) in [6.07, 6.45) is -1.02. The van der Waals surface area contributed by atoms with Crippen molar-refractivity contribution < 1.29 is 10.2 Å². The van der Waals surface area contributed by atoms with E-state index in [4.69, 9.17) is 10.5 Å². The lowest BCUT2D eigenvalue weighted by molar-refractivity contribution is 0.0527. The van der Waals surface area contributed by atoms with Crippen molar-refractivity contribution in [2.75, 3.05) is 0 Å². The Hall–Kier alpha value is -1.88. The summed E-state index contributed by atoms with van der Waals surface area (Å²) in [5, 5.41) is 36.6. The molecule has 2 rings (SSSR count). The van der Waals surface area contributed by atoms with Crippen LogP contribution in [-0.4, -0.2) is 16.3 Å². The number of benzene rings is 1. The van der Waals surface area contributed by atoms with Gasteiger partial charge in [0.2, 0.25) is 0 Å². The number of aliphatic hydroxyl groups is 2. The van der Waals surface area contributed by atoms with Crippen molar-refractivity contribution in [2.24, 2.45) is 0 Å². The van der Waals surface area contributed by atoms with Crippen LogP contribution < -0.4 is 0 Å². The fraction of sp³-hybridized carbons (Fsp3) is 0.385. The highest BCUT2D eigenvalue weighted by Gasteiger charge is 2.45. The molecule has 0 aliphatic heterocycles. The Morgan fingerprint density at radius 1 is 1.24 bits per heavy atom. The first-order valence-corrected chi connectivity index (χ1v) is 5.40. The zero-order chi connectivity index (χ0) is 12.5. The van der Waals surface area contributed by atoms with Gasteiger partial charge in [-0.15, -0.1) is 0 Å². The summed E-state index contributed by atoms with van der Waals surface area (Å²) in [6.45, 7) is 0. The second-order valence-corrected chi connectivity index (χ2v) is 4.34. The molecule has 0 aromatic heterocycles. The molecule has 1 aromatic rings. The standard InChI is InChI=1S/C13H12N2O2/c14-7-11(16)12(17)9-2-1-3-10(6-9)13(8-15)4-5-13/h1-3,6,11-12,16-17H,4-5H2. The third-order valence-corrected chi connectivity index (χ3v) is 3.18. The highest BCUT2D eigenvalue weighted by Crippen LogP contribution is 2.47. The molecular formula is C13H12N2O2. The van der Waals surface area contributed by atoms with Crippen LogP contribution in [0, 0.1) is 22.7 Å². The number of aliphatic hydroxyl groups excluding tert-OH is 2. The minimum atomic E-state index is -1.44. The second kappa shape index (κ2) is 4.18. The van der Waals surface area contributed by atoms with Crippen LogP contribution in [0.4, 0.5) is 0 Å². The van der Waals surface area contributed by atoms with Crippen LogP contribution in [0.5, 0.6) is 0 Å². The van der Waals surface area contributed by atoms with Crippen molar-refractivity contribution in [3.05, 3.63) is 35.4 Å². The van der Waals surface area contributed by atoms with E-state index in [0.29, 0.717) is 5.56 Å². The van der Waals surface area contributed by atoms with E-state index in [1.807, 2.05) is 6.07 Å². The van der Waals surface area contributed by atoms with Gasteiger partial charge in [0.15, 0.2) is 6.10 Å². The van der Waals surface area contributed by atoms with Crippen LogP contribution in [0.2, 0.25) is 0 Å². The van der Waals surface area contributed by atoms with Gasteiger partial charge in [0.1, 0.15) is 6.10 Å². The Morgan fingerprint density at radius 3 is 2.47 bits per heavy atom. The average Bonchev–Trinajstić information content (AvgIpc) is 3.18. The lowest BCUT2D eigenvalue weighted by Gasteiger charge is -2.14. The van der Waals surface area contributed by atoms with Crippen LogP contribution in [0.1, 0.15) is 30.1 Å². The van der Waals surface area contributed by atoms with Crippen LogP contribution in [-0.2, 0) is 5.41 Å². The Labute approximate surface area is 99.4 Å². The van der Waals surface area contributed by atoms with Crippen LogP contribution in [0.3, 0.4) is 0 Å². The molecule has 1 aliphatic carbocycles. The van der Waals surface area contributed by atoms with Crippen molar-refractivity contribution in [1.29, 1.82) is 10.5 Å². The third-order valence-electron chi connectivity index (χ3n) is 3.18. The SMILES string of the molecule is N#CC(O)C(O)c1cccc(C2(C#N)CC2)c1. The summed E-state index contributed by atoms with van der Waals surface area (Å²) in [4.78, 5) is 0. The number of hydrogen-bond donors (Lipinski definition) is 2. The van der Waals surface area contributed by atoms with Gasteiger partial charge in [-0.05, 0) is 24.0 Å². The molecule has 4 nitrogen and oxygen atoms in total. The molecule has 4 heteroatoms. The van der Waals surface area contributed by atoms with E-state index in [9.17, 15) is 10.2 Å². The number of nitrogens with zero attached hydrogens (tertiary/aromatic N) is 2. The smallest absolute Gasteiger partial charge is 0.170 e. The molecule has 1 aliphatic rings. The summed E-state index contributed by atoms with van der Waals surface area (Å²) in [6, 6.07) is 10.8. The first-order chi connectivity index (χ1) is 8.13. The quantitative estimate of drug-likeness (QED) is 0.760. The Bertz CT molecular complexity index is 509. The van der Waals surface area contributed by atoms with Gasteiger partial charge in [-0.1, -0.05) is 24.3 Å². The van der Waals surface area contributed by atoms with E-state index in [1.54, 1.807) is 24.3 Å². The van der Waals surface area contributed by atoms with Crippen molar-refractivity contribution in [1.82, 2.24) is 0 Å². The number of rotatable bonds is 3. The van der Waals surface area contributed by atoms with E-state index < -0.39 is 17.6 Å². The molecule has 2 unspecified atom stereocenters. The summed E-state index contributed by atoms with van der Waals surface area (Å²) in [5.74, 6) is 0. The Morgan fingerprint density at radius 2 is 1.94 bits per heavy atom. The Kier molecular flexibility index (Phi) is 2.85. The van der Waals surface area contributed by atoms with E-state index in [1.165, 1.54) is 0 Å². The summed E-state index contributed by atoms with van der Waals surface area (Å²) >= 11 is 0. The fourth-order valence-corrected chi connectivity index (χ4v) is 1.86. The van der Waals surface area contributed by atoms with E-state index in [-0.39, 0.29) is 0 Å². The maximum Gasteiger partial charge on any atom is 0.170 e. The molecule has 0 bridgehead atoms. The maximum absolute atomic E-state index is 9.72. The molecule has 0 saturated heterocycles. The highest BCUT2D eigenvalue weighted by atomic mass is 16.3. The van der Waals surface area contributed by atoms with Crippen molar-refractivity contribution in [3.8, 4) is 12.1 Å². The molecule has 0 spiro atoms. The largest absolute Gasteiger partial charge is 0.385 e. The molecule has 1 saturated carbocycles. The minimum absolute atomic E-state index is 0.423. The van der Waals surface area contributed by atoms with Gasteiger partial charge >= 0.3 is 0 Å². The Balaban J connectivity index is 2.31. The van der Waals surface area contributed by atoms with Gasteiger partial charge in [-0.2, -0.15) is 10.5 Å². The minimum Gasteiger partial charge on any atom is -0.385 e. The van der Waals surface area contributed by atoms with E-state index >= 15 is 0 Å². The number of nitriles is 2. The zero-order valence-corrected chi connectivity index (χ0v) is 9.17. The first-order valence-electron chi connectivity index (χ1n) is 5.40. The van der Waals surface area contributed by atoms with Crippen molar-refractivity contribution in [2.45, 2.75) is 30.5 Å². The monoisotopic (exact) mass is 228 g/mol. The van der Waals surface area contributed by atoms with E-state index in [0.717, 1.165) is 18.4 Å². The molecule has 1 aromatic carbocycles. The molecule has 17 heavy (non-hydrogen) atoms. The summed E-state index contributed by atoms with van der Waals surface area (Å²) in [7, 11) is 0. The fourth-order valence-electron chi connectivity index (χ4n) is 1.86. The molecule has 86 valence electrons. The zero-order valence-electron chi connectivity index (χ0n) is 9.17. The molecular weight excluding hydrogens is 216 g/mol. The van der Waals surface area contributed by atoms with Crippen molar-refractivity contribution in [3.63, 3.8) is 0 Å². The van der Waals surface area contributed by atoms with Gasteiger partial charge in [-0.3, -0.25) is 0 Å². The molecule has 2 atom stereocenters. The van der Waals surface area contributed by atoms with Gasteiger partial charge in [-0.25, -0.2) is 0 Å². The van der Waals surface area contributed by atoms with Crippen molar-refractivity contribution >= 4 is 0 Å². The lowest BCUT2D eigenvalue weighted by Crippen LogP contribution is -2.16. The highest BCUT2D eigenvalue weighted by molar-refractivity contribution is 5.41. The van der Waals surface area contributed by atoms with E-state index in [2.05, 4.69) is 6.07 Å². The second-order valence-electron chi connectivity index (χ2n) is 4.34. The van der Waals surface area contributed by atoms with Crippen LogP contribution in [0.15, 0.2) is 24.3 Å². The average molecular weight is 228 g/mol. The lowest BCUT2D eigenvalue weighted by atomic mass is 9.93. The predicted molar refractivity (Wildman–Crippen MR) is 59.5 cm³/mol. The first kappa shape index (κ1) is 11.6. The molecule has 0 amide bonds. The van der Waals surface area contributed by atoms with Gasteiger partial charge in [0.25, 0.3) is 0 Å². The normalized spacial score (nSPS) is 19.8.